The van der Waals surface area contributed by atoms with Gasteiger partial charge in [-0.05, 0) is 329 Å². The zero-order valence-electron chi connectivity index (χ0n) is 74.2. The Morgan fingerprint density at radius 2 is 0.659 bits per heavy atom. The minimum atomic E-state index is -1.23. The van der Waals surface area contributed by atoms with Crippen molar-refractivity contribution < 1.29 is 81.6 Å². The Labute approximate surface area is 759 Å². The lowest BCUT2D eigenvalue weighted by molar-refractivity contribution is -0.146. The van der Waals surface area contributed by atoms with Gasteiger partial charge >= 0.3 is 5.97 Å². The number of carboxylic acids is 1. The fourth-order valence-electron chi connectivity index (χ4n) is 12.4. The number of hydrogen-bond acceptors (Lipinski definition) is 19. The first-order chi connectivity index (χ1) is 59.2. The van der Waals surface area contributed by atoms with E-state index in [1.165, 1.54) is 13.8 Å². The summed E-state index contributed by atoms with van der Waals surface area (Å²) in [6, 6.07) is 53.1. The molecule has 0 aliphatic carbocycles. The van der Waals surface area contributed by atoms with E-state index in [1.807, 2.05) is 0 Å². The van der Waals surface area contributed by atoms with E-state index in [0.29, 0.717) is 138 Å². The maximum atomic E-state index is 12.9. The number of carbonyl (C=O) groups excluding carboxylic acids is 11. The molecule has 0 heterocycles. The predicted octanol–water partition coefficient (Wildman–Crippen LogP) is 20.5. The number of unbranched alkanes of at least 4 members (excludes halogenated alkanes) is 3. The summed E-state index contributed by atoms with van der Waals surface area (Å²) >= 11 is 23.5. The van der Waals surface area contributed by atoms with Crippen molar-refractivity contribution in [3.8, 4) is 23.0 Å². The first-order valence-corrected chi connectivity index (χ1v) is 43.3. The van der Waals surface area contributed by atoms with Crippen LogP contribution < -0.4 is 35.7 Å². The third kappa shape index (κ3) is 36.1. The molecule has 0 aliphatic rings. The van der Waals surface area contributed by atoms with Crippen LogP contribution in [0.2, 0.25) is 20.1 Å². The molecule has 8 rings (SSSR count). The monoisotopic (exact) mass is 1800 g/mol. The lowest BCUT2D eigenvalue weighted by Gasteiger charge is -2.27. The van der Waals surface area contributed by atoms with Crippen LogP contribution in [-0.2, 0) is 38.4 Å². The second kappa shape index (κ2) is 50.9. The summed E-state index contributed by atoms with van der Waals surface area (Å²) in [5, 5.41) is 22.0. The maximum Gasteiger partial charge on any atom is 0.306 e. The number of amides is 1. The van der Waals surface area contributed by atoms with E-state index >= 15 is 0 Å². The van der Waals surface area contributed by atoms with E-state index in [4.69, 9.17) is 82.2 Å². The molecule has 0 spiro atoms. The average molecular weight is 1800 g/mol. The number of carbonyl (C=O) groups is 12. The highest BCUT2D eigenvalue weighted by molar-refractivity contribution is 6.32. The smallest absolute Gasteiger partial charge is 0.306 e. The molecule has 672 valence electrons. The quantitative estimate of drug-likeness (QED) is 0.0102. The molecule has 0 aliphatic heterocycles. The minimum absolute atomic E-state index is 0.00577. The van der Waals surface area contributed by atoms with Crippen molar-refractivity contribution in [1.29, 1.82) is 5.41 Å². The predicted molar refractivity (Wildman–Crippen MR) is 496 cm³/mol. The van der Waals surface area contributed by atoms with E-state index in [9.17, 15) is 62.6 Å². The number of aliphatic imine (C=N–C) groups is 1. The molecule has 8 aromatic rings. The fraction of sp³-hybridized carbons (Fsp3) is 0.380. The first-order valence-electron chi connectivity index (χ1n) is 41.7. The maximum absolute atomic E-state index is 12.9. The molecule has 4 atom stereocenters. The molecule has 0 radical (unpaired) electrons. The summed E-state index contributed by atoms with van der Waals surface area (Å²) in [4.78, 5) is 152. The van der Waals surface area contributed by atoms with Crippen LogP contribution in [0.15, 0.2) is 199 Å². The number of nitrogens with two attached hydrogens (primary N) is 2. The fourth-order valence-corrected chi connectivity index (χ4v) is 12.9. The highest BCUT2D eigenvalue weighted by Crippen LogP contribution is 2.31. The van der Waals surface area contributed by atoms with Gasteiger partial charge < -0.3 is 46.2 Å². The number of hydrogen-bond donors (Lipinski definition) is 5. The number of carboxylic acid groups (broad SMARTS) is 1. The number of ketones is 10. The van der Waals surface area contributed by atoms with Gasteiger partial charge in [-0.15, -0.1) is 0 Å². The second-order valence-electron chi connectivity index (χ2n) is 33.0. The molecule has 22 nitrogen and oxygen atoms in total. The second-order valence-corrected chi connectivity index (χ2v) is 34.7. The Morgan fingerprint density at radius 3 is 0.929 bits per heavy atom. The lowest BCUT2D eigenvalue weighted by atomic mass is 9.87. The SMILES string of the molecule is CC(=N)CCCCCNC(=O)[C@H](C)CC(=O)C(C)(C)Oc1ccc(C(=O)c2ccc(Cl)cc2)cc1.CC(=O)[C@H](C)CC(=O)C(C)(C)Oc1ccc(C(=O)c2ccc(Cl)cc2)cc1.CC(=O)[C@H](CCCCN)CC(=O)C(C)(C)Oc1ccc(C(=O)c2ccc(Cl)cc2)cc1.CC(N)=NCCC[C@H](CC(=O)C(C)(C)Oc1ccc(C(=O)c2ccc(Cl)cc2)cc1)C(=O)O. The third-order valence-electron chi connectivity index (χ3n) is 20.6. The Kier molecular flexibility index (Phi) is 42.5. The molecule has 0 unspecified atom stereocenters. The van der Waals surface area contributed by atoms with Crippen LogP contribution in [0, 0.1) is 29.1 Å². The van der Waals surface area contributed by atoms with Crippen molar-refractivity contribution in [2.24, 2.45) is 40.1 Å². The summed E-state index contributed by atoms with van der Waals surface area (Å²) in [6.07, 6.45) is 6.86. The molecule has 26 heteroatoms. The summed E-state index contributed by atoms with van der Waals surface area (Å²) in [5.74, 6) is -2.19. The van der Waals surface area contributed by atoms with Crippen LogP contribution in [0.25, 0.3) is 0 Å². The first kappa shape index (κ1) is 105. The number of aliphatic carboxylic acids is 1. The molecular weight excluding hydrogens is 1680 g/mol. The standard InChI is InChI=1S/C28H35ClN2O4.C25H29ClN2O5.C25H30ClNO4.C22H23ClO4/c1-19(27(34)31-17-7-5-6-8-20(2)30)18-25(32)28(3,4)35-24-15-11-22(12-16-24)26(33)21-9-13-23(29)14-10-21;1-16(27)28-14-4-5-19(24(31)32)15-22(29)25(2,3)33-21-12-8-18(9-13-21)23(30)17-6-10-20(26)11-7-17;1-17(28)20(6-4-5-15-27)16-23(29)25(2,3)31-22-13-9-19(10-14-22)24(30)18-7-11-21(26)12-8-18;1-14(15(2)24)13-20(25)22(3,4)27-19-11-7-17(8-12-19)21(26)16-5-9-18(23)10-6-16/h9-16,19,30H,5-8,17-18H2,1-4H3,(H,31,34);6-13,19H,4-5,14-15H2,1-3H3,(H2,27,28)(H,31,32);7-14,20H,4-6,15-16,27H2,1-3H3;5-12,14H,13H2,1-4H3/t2*19-;20-;14-/m1111/s1. The Balaban J connectivity index is 0.000000299. The van der Waals surface area contributed by atoms with Crippen molar-refractivity contribution in [3.05, 3.63) is 259 Å². The van der Waals surface area contributed by atoms with E-state index in [1.54, 1.807) is 277 Å². The summed E-state index contributed by atoms with van der Waals surface area (Å²) in [5.41, 5.74) is 11.3. The van der Waals surface area contributed by atoms with Gasteiger partial charge in [-0.2, -0.15) is 0 Å². The van der Waals surface area contributed by atoms with Crippen molar-refractivity contribution in [3.63, 3.8) is 0 Å². The molecule has 0 saturated carbocycles. The molecular formula is C100H117Cl4N5O17. The van der Waals surface area contributed by atoms with Crippen molar-refractivity contribution >= 4 is 128 Å². The van der Waals surface area contributed by atoms with Crippen LogP contribution in [0.4, 0.5) is 0 Å². The van der Waals surface area contributed by atoms with E-state index < -0.39 is 40.2 Å². The van der Waals surface area contributed by atoms with Crippen molar-refractivity contribution in [2.45, 2.75) is 203 Å². The molecule has 0 bridgehead atoms. The van der Waals surface area contributed by atoms with Gasteiger partial charge in [-0.3, -0.25) is 62.5 Å². The van der Waals surface area contributed by atoms with Gasteiger partial charge in [0.25, 0.3) is 0 Å². The van der Waals surface area contributed by atoms with Crippen LogP contribution in [-0.4, -0.2) is 128 Å². The van der Waals surface area contributed by atoms with E-state index in [-0.39, 0.29) is 101 Å². The van der Waals surface area contributed by atoms with E-state index in [0.717, 1.165) is 38.5 Å². The van der Waals surface area contributed by atoms with Gasteiger partial charge in [0.1, 0.15) is 34.6 Å². The minimum Gasteiger partial charge on any atom is -0.481 e. The largest absolute Gasteiger partial charge is 0.481 e. The molecule has 7 N–H and O–H groups in total. The molecule has 126 heavy (non-hydrogen) atoms. The lowest BCUT2D eigenvalue weighted by Crippen LogP contribution is -2.41. The number of Topliss-reactive ketones (excluding diaryl/α,β-unsaturated/α-hetero) is 6. The Morgan fingerprint density at radius 1 is 0.381 bits per heavy atom. The highest BCUT2D eigenvalue weighted by atomic mass is 35.5. The van der Waals surface area contributed by atoms with E-state index in [2.05, 4.69) is 10.3 Å². The van der Waals surface area contributed by atoms with Gasteiger partial charge in [0.05, 0.1) is 11.8 Å². The normalized spacial score (nSPS) is 12.4. The number of rotatable bonds is 46. The third-order valence-corrected chi connectivity index (χ3v) is 21.6. The summed E-state index contributed by atoms with van der Waals surface area (Å²) in [7, 11) is 0. The van der Waals surface area contributed by atoms with Crippen molar-refractivity contribution in [1.82, 2.24) is 5.32 Å². The number of benzene rings is 8. The average Bonchev–Trinajstić information content (AvgIpc) is 0.838. The molecule has 0 fully saturated rings. The Hall–Kier alpha value is -11.1. The van der Waals surface area contributed by atoms with Gasteiger partial charge in [-0.1, -0.05) is 73.1 Å². The number of halogens is 4. The number of nitrogens with zero attached hydrogens (tertiary/aromatic N) is 1. The van der Waals surface area contributed by atoms with Gasteiger partial charge in [0.2, 0.25) is 5.91 Å². The van der Waals surface area contributed by atoms with Crippen LogP contribution in [0.5, 0.6) is 23.0 Å². The van der Waals surface area contributed by atoms with Gasteiger partial charge in [0, 0.05) is 127 Å². The Bertz CT molecular complexity index is 5050. The zero-order valence-corrected chi connectivity index (χ0v) is 77.2. The van der Waals surface area contributed by atoms with Crippen LogP contribution in [0.1, 0.15) is 244 Å². The molecule has 1 amide bonds. The number of nitrogens with one attached hydrogen (secondary N) is 2. The van der Waals surface area contributed by atoms with Crippen LogP contribution >= 0.6 is 46.4 Å². The summed E-state index contributed by atoms with van der Waals surface area (Å²) in [6.45, 7) is 24.8. The topological polar surface area (TPSA) is 362 Å². The molecule has 8 aromatic carbocycles. The van der Waals surface area contributed by atoms with Gasteiger partial charge in [-0.25, -0.2) is 0 Å². The molecule has 0 aromatic heterocycles. The zero-order chi connectivity index (χ0) is 93.8. The van der Waals surface area contributed by atoms with Gasteiger partial charge in [0.15, 0.2) is 68.7 Å². The van der Waals surface area contributed by atoms with Crippen molar-refractivity contribution in [2.75, 3.05) is 19.6 Å². The number of ether oxygens (including phenoxy) is 4. The van der Waals surface area contributed by atoms with Crippen LogP contribution in [0.3, 0.4) is 0 Å². The number of amidine groups is 1. The highest BCUT2D eigenvalue weighted by Gasteiger charge is 2.37. The summed E-state index contributed by atoms with van der Waals surface area (Å²) < 4.78 is 23.5. The molecule has 0 saturated heterocycles.